The molecular formula is C13H13BrClN3. The van der Waals surface area contributed by atoms with Crippen LogP contribution in [0.15, 0.2) is 40.9 Å². The summed E-state index contributed by atoms with van der Waals surface area (Å²) < 4.78 is 1.10. The van der Waals surface area contributed by atoms with Crippen LogP contribution in [0.3, 0.4) is 0 Å². The van der Waals surface area contributed by atoms with Crippen molar-refractivity contribution >= 4 is 33.3 Å². The highest BCUT2D eigenvalue weighted by Crippen LogP contribution is 2.19. The Morgan fingerprint density at radius 2 is 1.94 bits per heavy atom. The minimum atomic E-state index is 0.390. The van der Waals surface area contributed by atoms with Crippen molar-refractivity contribution in [3.63, 3.8) is 0 Å². The Kier molecular flexibility index (Phi) is 4.55. The minimum absolute atomic E-state index is 0.390. The summed E-state index contributed by atoms with van der Waals surface area (Å²) in [6.07, 6.45) is 0. The summed E-state index contributed by atoms with van der Waals surface area (Å²) in [7, 11) is 1.99. The van der Waals surface area contributed by atoms with Gasteiger partial charge in [0.15, 0.2) is 5.82 Å². The first-order valence-corrected chi connectivity index (χ1v) is 6.86. The van der Waals surface area contributed by atoms with Crippen LogP contribution in [-0.4, -0.2) is 17.2 Å². The summed E-state index contributed by atoms with van der Waals surface area (Å²) in [5.41, 5.74) is 2.00. The van der Waals surface area contributed by atoms with Crippen molar-refractivity contribution in [2.24, 2.45) is 0 Å². The first kappa shape index (κ1) is 13.3. The van der Waals surface area contributed by atoms with Gasteiger partial charge in [0.05, 0.1) is 11.6 Å². The van der Waals surface area contributed by atoms with E-state index >= 15 is 0 Å². The van der Waals surface area contributed by atoms with Gasteiger partial charge in [-0.05, 0) is 23.8 Å². The Morgan fingerprint density at radius 1 is 1.17 bits per heavy atom. The standard InChI is InChI=1S/C13H13BrClN3/c1-18(9-10-4-2-3-5-12(10)14)13-7-6-11(8-15)16-17-13/h2-7H,8-9H2,1H3. The number of rotatable bonds is 4. The lowest BCUT2D eigenvalue weighted by Crippen LogP contribution is -2.18. The summed E-state index contributed by atoms with van der Waals surface area (Å²) >= 11 is 9.23. The van der Waals surface area contributed by atoms with Gasteiger partial charge in [-0.3, -0.25) is 0 Å². The second-order valence-corrected chi connectivity index (χ2v) is 5.09. The Labute approximate surface area is 120 Å². The van der Waals surface area contributed by atoms with E-state index < -0.39 is 0 Å². The van der Waals surface area contributed by atoms with E-state index in [0.29, 0.717) is 5.88 Å². The molecule has 1 aromatic heterocycles. The molecule has 0 aliphatic heterocycles. The molecule has 0 bridgehead atoms. The fraction of sp³-hybridized carbons (Fsp3) is 0.231. The monoisotopic (exact) mass is 325 g/mol. The van der Waals surface area contributed by atoms with E-state index in [0.717, 1.165) is 22.5 Å². The molecule has 0 fully saturated rings. The first-order chi connectivity index (χ1) is 8.70. The highest BCUT2D eigenvalue weighted by atomic mass is 79.9. The average Bonchev–Trinajstić information content (AvgIpc) is 2.41. The van der Waals surface area contributed by atoms with Gasteiger partial charge >= 0.3 is 0 Å². The molecule has 0 N–H and O–H groups in total. The Balaban J connectivity index is 2.11. The van der Waals surface area contributed by atoms with E-state index in [4.69, 9.17) is 11.6 Å². The van der Waals surface area contributed by atoms with Crippen LogP contribution < -0.4 is 4.90 Å². The zero-order valence-electron chi connectivity index (χ0n) is 9.98. The molecule has 0 atom stereocenters. The normalized spacial score (nSPS) is 10.4. The zero-order valence-corrected chi connectivity index (χ0v) is 12.3. The fourth-order valence-corrected chi connectivity index (χ4v) is 2.14. The van der Waals surface area contributed by atoms with Gasteiger partial charge in [0.25, 0.3) is 0 Å². The number of benzene rings is 1. The van der Waals surface area contributed by atoms with Crippen LogP contribution in [0.5, 0.6) is 0 Å². The van der Waals surface area contributed by atoms with Gasteiger partial charge in [-0.15, -0.1) is 16.7 Å². The van der Waals surface area contributed by atoms with Crippen LogP contribution in [0.4, 0.5) is 5.82 Å². The van der Waals surface area contributed by atoms with Crippen LogP contribution in [0.25, 0.3) is 0 Å². The molecule has 0 radical (unpaired) electrons. The Hall–Kier alpha value is -1.13. The number of nitrogens with zero attached hydrogens (tertiary/aromatic N) is 3. The van der Waals surface area contributed by atoms with Crippen LogP contribution in [0, 0.1) is 0 Å². The van der Waals surface area contributed by atoms with E-state index in [1.54, 1.807) is 0 Å². The van der Waals surface area contributed by atoms with E-state index in [1.165, 1.54) is 5.56 Å². The van der Waals surface area contributed by atoms with Gasteiger partial charge in [0.1, 0.15) is 0 Å². The summed E-state index contributed by atoms with van der Waals surface area (Å²) in [5, 5.41) is 8.20. The van der Waals surface area contributed by atoms with Crippen molar-refractivity contribution in [3.05, 3.63) is 52.1 Å². The number of hydrogen-bond donors (Lipinski definition) is 0. The lowest BCUT2D eigenvalue weighted by atomic mass is 10.2. The molecule has 3 nitrogen and oxygen atoms in total. The third-order valence-electron chi connectivity index (χ3n) is 2.60. The quantitative estimate of drug-likeness (QED) is 0.804. The molecular weight excluding hydrogens is 314 g/mol. The van der Waals surface area contributed by atoms with Crippen LogP contribution in [0.2, 0.25) is 0 Å². The van der Waals surface area contributed by atoms with Crippen molar-refractivity contribution < 1.29 is 0 Å². The second-order valence-electron chi connectivity index (χ2n) is 3.96. The van der Waals surface area contributed by atoms with Crippen molar-refractivity contribution in [1.29, 1.82) is 0 Å². The third kappa shape index (κ3) is 3.21. The molecule has 1 aromatic carbocycles. The van der Waals surface area contributed by atoms with Crippen molar-refractivity contribution in [2.45, 2.75) is 12.4 Å². The van der Waals surface area contributed by atoms with Gasteiger partial charge in [-0.2, -0.15) is 5.10 Å². The van der Waals surface area contributed by atoms with E-state index in [-0.39, 0.29) is 0 Å². The van der Waals surface area contributed by atoms with Crippen LogP contribution in [-0.2, 0) is 12.4 Å². The molecule has 0 aliphatic carbocycles. The van der Waals surface area contributed by atoms with Gasteiger partial charge in [-0.25, -0.2) is 0 Å². The van der Waals surface area contributed by atoms with Gasteiger partial charge in [0.2, 0.25) is 0 Å². The van der Waals surface area contributed by atoms with Gasteiger partial charge in [0, 0.05) is 18.1 Å². The number of anilines is 1. The zero-order chi connectivity index (χ0) is 13.0. The second kappa shape index (κ2) is 6.16. The average molecular weight is 327 g/mol. The maximum atomic E-state index is 5.69. The molecule has 0 aliphatic rings. The van der Waals surface area contributed by atoms with E-state index in [9.17, 15) is 0 Å². The predicted molar refractivity (Wildman–Crippen MR) is 77.8 cm³/mol. The van der Waals surface area contributed by atoms with Crippen molar-refractivity contribution in [2.75, 3.05) is 11.9 Å². The fourth-order valence-electron chi connectivity index (χ4n) is 1.59. The lowest BCUT2D eigenvalue weighted by molar-refractivity contribution is 0.852. The molecule has 1 heterocycles. The molecule has 0 unspecified atom stereocenters. The Morgan fingerprint density at radius 3 is 2.56 bits per heavy atom. The summed E-state index contributed by atoms with van der Waals surface area (Å²) in [6.45, 7) is 0.774. The highest BCUT2D eigenvalue weighted by molar-refractivity contribution is 9.10. The number of alkyl halides is 1. The molecule has 94 valence electrons. The minimum Gasteiger partial charge on any atom is -0.354 e. The molecule has 0 saturated carbocycles. The lowest BCUT2D eigenvalue weighted by Gasteiger charge is -2.18. The maximum absolute atomic E-state index is 5.69. The molecule has 5 heteroatoms. The highest BCUT2D eigenvalue weighted by Gasteiger charge is 2.06. The van der Waals surface area contributed by atoms with Crippen molar-refractivity contribution in [1.82, 2.24) is 10.2 Å². The smallest absolute Gasteiger partial charge is 0.151 e. The summed E-state index contributed by atoms with van der Waals surface area (Å²) in [5.74, 6) is 1.22. The molecule has 18 heavy (non-hydrogen) atoms. The predicted octanol–water partition coefficient (Wildman–Crippen LogP) is 3.61. The third-order valence-corrected chi connectivity index (χ3v) is 3.65. The molecule has 0 spiro atoms. The van der Waals surface area contributed by atoms with Gasteiger partial charge < -0.3 is 4.90 Å². The topological polar surface area (TPSA) is 29.0 Å². The Bertz CT molecular complexity index is 516. The number of aromatic nitrogens is 2. The molecule has 0 saturated heterocycles. The summed E-state index contributed by atoms with van der Waals surface area (Å²) in [6, 6.07) is 12.0. The molecule has 2 rings (SSSR count). The van der Waals surface area contributed by atoms with Crippen LogP contribution >= 0.6 is 27.5 Å². The van der Waals surface area contributed by atoms with Gasteiger partial charge in [-0.1, -0.05) is 34.1 Å². The van der Waals surface area contributed by atoms with Crippen molar-refractivity contribution in [3.8, 4) is 0 Å². The summed E-state index contributed by atoms with van der Waals surface area (Å²) in [4.78, 5) is 2.05. The SMILES string of the molecule is CN(Cc1ccccc1Br)c1ccc(CCl)nn1. The number of halogens is 2. The largest absolute Gasteiger partial charge is 0.354 e. The first-order valence-electron chi connectivity index (χ1n) is 5.54. The van der Waals surface area contributed by atoms with E-state index in [1.807, 2.05) is 42.3 Å². The van der Waals surface area contributed by atoms with Crippen LogP contribution in [0.1, 0.15) is 11.3 Å². The number of hydrogen-bond acceptors (Lipinski definition) is 3. The molecule has 0 amide bonds. The van der Waals surface area contributed by atoms with E-state index in [2.05, 4.69) is 32.2 Å². The maximum Gasteiger partial charge on any atom is 0.151 e. The molecule has 2 aromatic rings.